The van der Waals surface area contributed by atoms with Gasteiger partial charge in [-0.3, -0.25) is 19.7 Å². The second-order valence-electron chi connectivity index (χ2n) is 7.80. The lowest BCUT2D eigenvalue weighted by molar-refractivity contribution is -0.117. The van der Waals surface area contributed by atoms with Gasteiger partial charge in [0.05, 0.1) is 0 Å². The number of anilines is 3. The fraction of sp³-hybridized carbons (Fsp3) is 0.292. The highest BCUT2D eigenvalue weighted by Gasteiger charge is 2.34. The van der Waals surface area contributed by atoms with E-state index in [2.05, 4.69) is 27.8 Å². The number of carbonyl (C=O) groups is 3. The van der Waals surface area contributed by atoms with E-state index in [-0.39, 0.29) is 23.6 Å². The molecule has 8 nitrogen and oxygen atoms in total. The monoisotopic (exact) mass is 463 g/mol. The Morgan fingerprint density at radius 1 is 1.03 bits per heavy atom. The van der Waals surface area contributed by atoms with E-state index in [0.717, 1.165) is 17.1 Å². The van der Waals surface area contributed by atoms with Crippen molar-refractivity contribution in [1.82, 2.24) is 10.2 Å². The fourth-order valence-corrected chi connectivity index (χ4v) is 4.44. The Bertz CT molecular complexity index is 1160. The maximum absolute atomic E-state index is 12.6. The van der Waals surface area contributed by atoms with E-state index in [1.165, 1.54) is 16.9 Å². The summed E-state index contributed by atoms with van der Waals surface area (Å²) < 4.78 is 0. The number of aryl methyl sites for hydroxylation is 1. The van der Waals surface area contributed by atoms with Gasteiger partial charge in [0.2, 0.25) is 16.9 Å². The standard InChI is InChI=1S/C24H25N5O3S/c1-3-15-5-11-19(12-6-15)29-14-17(13-21(29)31)23-27-28-24(33-23)26-22(32)16-7-9-18(10-8-16)25-20(30)4-2/h5-12,17H,3-4,13-14H2,1-2H3,(H,25,30)(H,26,28,32)/t17-/m1/s1. The van der Waals surface area contributed by atoms with Crippen LogP contribution in [0, 0.1) is 0 Å². The van der Waals surface area contributed by atoms with Crippen LogP contribution in [0.15, 0.2) is 48.5 Å². The largest absolute Gasteiger partial charge is 0.326 e. The van der Waals surface area contributed by atoms with Crippen LogP contribution in [-0.4, -0.2) is 34.5 Å². The van der Waals surface area contributed by atoms with Gasteiger partial charge in [-0.1, -0.05) is 37.3 Å². The zero-order chi connectivity index (χ0) is 23.4. The van der Waals surface area contributed by atoms with Crippen molar-refractivity contribution >= 4 is 45.6 Å². The smallest absolute Gasteiger partial charge is 0.257 e. The van der Waals surface area contributed by atoms with Crippen molar-refractivity contribution in [3.63, 3.8) is 0 Å². The van der Waals surface area contributed by atoms with Gasteiger partial charge in [-0.2, -0.15) is 0 Å². The van der Waals surface area contributed by atoms with Crippen LogP contribution in [0.4, 0.5) is 16.5 Å². The molecule has 2 aromatic carbocycles. The molecule has 4 rings (SSSR count). The molecule has 0 bridgehead atoms. The number of hydrogen-bond donors (Lipinski definition) is 2. The van der Waals surface area contributed by atoms with E-state index in [4.69, 9.17) is 0 Å². The lowest BCUT2D eigenvalue weighted by Crippen LogP contribution is -2.24. The summed E-state index contributed by atoms with van der Waals surface area (Å²) in [6, 6.07) is 14.7. The fourth-order valence-electron chi connectivity index (χ4n) is 3.61. The lowest BCUT2D eigenvalue weighted by Gasteiger charge is -2.16. The molecule has 9 heteroatoms. The maximum atomic E-state index is 12.6. The van der Waals surface area contributed by atoms with E-state index >= 15 is 0 Å². The molecule has 1 aromatic heterocycles. The molecule has 1 atom stereocenters. The zero-order valence-electron chi connectivity index (χ0n) is 18.5. The molecule has 1 fully saturated rings. The Balaban J connectivity index is 1.38. The van der Waals surface area contributed by atoms with E-state index in [1.807, 2.05) is 24.3 Å². The molecular weight excluding hydrogens is 438 g/mol. The second-order valence-corrected chi connectivity index (χ2v) is 8.81. The van der Waals surface area contributed by atoms with E-state index in [1.54, 1.807) is 36.1 Å². The number of aromatic nitrogens is 2. The minimum Gasteiger partial charge on any atom is -0.326 e. The Morgan fingerprint density at radius 2 is 1.76 bits per heavy atom. The zero-order valence-corrected chi connectivity index (χ0v) is 19.3. The summed E-state index contributed by atoms with van der Waals surface area (Å²) in [6.07, 6.45) is 1.70. The van der Waals surface area contributed by atoms with Crippen molar-refractivity contribution < 1.29 is 14.4 Å². The molecule has 0 aliphatic carbocycles. The number of amides is 3. The van der Waals surface area contributed by atoms with Crippen LogP contribution in [-0.2, 0) is 16.0 Å². The molecule has 0 saturated carbocycles. The summed E-state index contributed by atoms with van der Waals surface area (Å²) in [7, 11) is 0. The van der Waals surface area contributed by atoms with Crippen LogP contribution in [0.3, 0.4) is 0 Å². The number of carbonyl (C=O) groups excluding carboxylic acids is 3. The molecule has 3 aromatic rings. The Kier molecular flexibility index (Phi) is 6.79. The van der Waals surface area contributed by atoms with Crippen LogP contribution in [0.25, 0.3) is 0 Å². The van der Waals surface area contributed by atoms with Crippen molar-refractivity contribution in [2.75, 3.05) is 22.1 Å². The number of hydrogen-bond acceptors (Lipinski definition) is 6. The first-order valence-electron chi connectivity index (χ1n) is 10.9. The Morgan fingerprint density at radius 3 is 2.42 bits per heavy atom. The van der Waals surface area contributed by atoms with E-state index < -0.39 is 0 Å². The topological polar surface area (TPSA) is 104 Å². The van der Waals surface area contributed by atoms with Gasteiger partial charge in [-0.05, 0) is 48.4 Å². The SMILES string of the molecule is CCC(=O)Nc1ccc(C(=O)Nc2nnc([C@@H]3CC(=O)N(c4ccc(CC)cc4)C3)s2)cc1. The molecule has 2 N–H and O–H groups in total. The average Bonchev–Trinajstić information content (AvgIpc) is 3.46. The third-order valence-electron chi connectivity index (χ3n) is 5.54. The number of nitrogens with one attached hydrogen (secondary N) is 2. The molecule has 0 unspecified atom stereocenters. The summed E-state index contributed by atoms with van der Waals surface area (Å²) >= 11 is 1.28. The molecule has 3 amide bonds. The van der Waals surface area contributed by atoms with Crippen LogP contribution >= 0.6 is 11.3 Å². The first-order valence-corrected chi connectivity index (χ1v) is 11.7. The van der Waals surface area contributed by atoms with Crippen molar-refractivity contribution in [1.29, 1.82) is 0 Å². The molecule has 1 saturated heterocycles. The number of benzene rings is 2. The van der Waals surface area contributed by atoms with Gasteiger partial charge in [0.1, 0.15) is 5.01 Å². The predicted molar refractivity (Wildman–Crippen MR) is 129 cm³/mol. The highest BCUT2D eigenvalue weighted by atomic mass is 32.1. The average molecular weight is 464 g/mol. The van der Waals surface area contributed by atoms with Crippen molar-refractivity contribution in [2.45, 2.75) is 39.0 Å². The Labute approximate surface area is 196 Å². The molecular formula is C24H25N5O3S. The lowest BCUT2D eigenvalue weighted by atomic mass is 10.1. The van der Waals surface area contributed by atoms with E-state index in [0.29, 0.717) is 35.8 Å². The normalized spacial score (nSPS) is 15.5. The van der Waals surface area contributed by atoms with Crippen LogP contribution in [0.1, 0.15) is 53.5 Å². The van der Waals surface area contributed by atoms with Gasteiger partial charge in [0.15, 0.2) is 0 Å². The molecule has 0 spiro atoms. The third-order valence-corrected chi connectivity index (χ3v) is 6.54. The second kappa shape index (κ2) is 9.91. The summed E-state index contributed by atoms with van der Waals surface area (Å²) in [5, 5.41) is 14.9. The quantitative estimate of drug-likeness (QED) is 0.546. The minimum atomic E-state index is -0.314. The van der Waals surface area contributed by atoms with Crippen LogP contribution in [0.2, 0.25) is 0 Å². The summed E-state index contributed by atoms with van der Waals surface area (Å²) in [6.45, 7) is 4.41. The molecule has 170 valence electrons. The summed E-state index contributed by atoms with van der Waals surface area (Å²) in [4.78, 5) is 38.4. The van der Waals surface area contributed by atoms with Gasteiger partial charge in [-0.25, -0.2) is 0 Å². The molecule has 1 aliphatic rings. The van der Waals surface area contributed by atoms with Gasteiger partial charge in [0.25, 0.3) is 5.91 Å². The van der Waals surface area contributed by atoms with Crippen molar-refractivity contribution in [2.24, 2.45) is 0 Å². The third kappa shape index (κ3) is 5.25. The highest BCUT2D eigenvalue weighted by Crippen LogP contribution is 2.34. The molecule has 33 heavy (non-hydrogen) atoms. The molecule has 0 radical (unpaired) electrons. The summed E-state index contributed by atoms with van der Waals surface area (Å²) in [5.41, 5.74) is 3.19. The molecule has 2 heterocycles. The van der Waals surface area contributed by atoms with Gasteiger partial charge < -0.3 is 10.2 Å². The van der Waals surface area contributed by atoms with E-state index in [9.17, 15) is 14.4 Å². The van der Waals surface area contributed by atoms with Crippen molar-refractivity contribution in [3.05, 3.63) is 64.7 Å². The van der Waals surface area contributed by atoms with Gasteiger partial charge in [-0.15, -0.1) is 10.2 Å². The summed E-state index contributed by atoms with van der Waals surface area (Å²) in [5.74, 6) is -0.407. The van der Waals surface area contributed by atoms with Gasteiger partial charge in [0, 0.05) is 42.2 Å². The van der Waals surface area contributed by atoms with Gasteiger partial charge >= 0.3 is 0 Å². The Hall–Kier alpha value is -3.59. The van der Waals surface area contributed by atoms with Crippen LogP contribution in [0.5, 0.6) is 0 Å². The number of nitrogens with zero attached hydrogens (tertiary/aromatic N) is 3. The van der Waals surface area contributed by atoms with Crippen molar-refractivity contribution in [3.8, 4) is 0 Å². The number of rotatable bonds is 7. The van der Waals surface area contributed by atoms with Crippen LogP contribution < -0.4 is 15.5 Å². The minimum absolute atomic E-state index is 0.0558. The first-order chi connectivity index (χ1) is 16.0. The molecule has 1 aliphatic heterocycles. The first kappa shape index (κ1) is 22.6. The highest BCUT2D eigenvalue weighted by molar-refractivity contribution is 7.15. The predicted octanol–water partition coefficient (Wildman–Crippen LogP) is 4.22. The maximum Gasteiger partial charge on any atom is 0.257 e.